The van der Waals surface area contributed by atoms with Gasteiger partial charge in [-0.25, -0.2) is 0 Å². The topological polar surface area (TPSA) is 26.5 Å². The molecule has 1 aromatic rings. The van der Waals surface area contributed by atoms with Crippen molar-refractivity contribution in [2.24, 2.45) is 4.52 Å². The van der Waals surface area contributed by atoms with Gasteiger partial charge in [-0.3, -0.25) is 0 Å². The standard InChI is InChI=1S/C6H4N2S/c1-2-4-6-5(3-1)7-8-9-6/h1-4H/q+1. The number of rotatable bonds is 0. The third-order valence-corrected chi connectivity index (χ3v) is 1.86. The monoisotopic (exact) mass is 136 g/mol. The Morgan fingerprint density at radius 1 is 1.33 bits per heavy atom. The molecule has 2 nitrogen and oxygen atoms in total. The van der Waals surface area contributed by atoms with E-state index in [1.165, 1.54) is 11.9 Å². The molecule has 3 heteroatoms. The van der Waals surface area contributed by atoms with Crippen LogP contribution in [0.3, 0.4) is 0 Å². The Bertz CT molecular complexity index is 257. The molecule has 0 N–H and O–H groups in total. The van der Waals surface area contributed by atoms with Crippen molar-refractivity contribution in [1.82, 2.24) is 5.11 Å². The average Bonchev–Trinajstić information content (AvgIpc) is 2.33. The summed E-state index contributed by atoms with van der Waals surface area (Å²) in [5.74, 6) is 0. The normalized spacial score (nSPS) is 13.8. The number of hydrogen-bond acceptors (Lipinski definition) is 3. The van der Waals surface area contributed by atoms with Gasteiger partial charge < -0.3 is 0 Å². The summed E-state index contributed by atoms with van der Waals surface area (Å²) in [5.41, 5.74) is 0.988. The van der Waals surface area contributed by atoms with Crippen molar-refractivity contribution in [2.75, 3.05) is 0 Å². The fourth-order valence-corrected chi connectivity index (χ4v) is 1.28. The molecule has 0 spiro atoms. The molecule has 0 aliphatic carbocycles. The SMILES string of the molecule is c1ccc2c(c1)[N+]=NS2. The van der Waals surface area contributed by atoms with Gasteiger partial charge in [-0.05, 0) is 6.07 Å². The second-order valence-electron chi connectivity index (χ2n) is 1.74. The summed E-state index contributed by atoms with van der Waals surface area (Å²) in [4.78, 5) is 1.15. The Labute approximate surface area is 57.1 Å². The molecule has 0 bridgehead atoms. The molecule has 0 fully saturated rings. The smallest absolute Gasteiger partial charge is 0.0606 e. The van der Waals surface area contributed by atoms with E-state index in [2.05, 4.69) is 9.63 Å². The zero-order valence-electron chi connectivity index (χ0n) is 4.61. The number of hydrogen-bond donors (Lipinski definition) is 0. The molecular formula is C6H4N2S+. The lowest BCUT2D eigenvalue weighted by Crippen LogP contribution is -1.69. The first-order valence-corrected chi connectivity index (χ1v) is 3.41. The molecule has 1 aliphatic heterocycles. The first-order chi connectivity index (χ1) is 4.47. The van der Waals surface area contributed by atoms with E-state index in [0.29, 0.717) is 0 Å². The van der Waals surface area contributed by atoms with Crippen LogP contribution in [0.15, 0.2) is 33.7 Å². The molecule has 43 valence electrons. The van der Waals surface area contributed by atoms with Crippen molar-refractivity contribution in [3.8, 4) is 0 Å². The Morgan fingerprint density at radius 2 is 2.22 bits per heavy atom. The van der Waals surface area contributed by atoms with Gasteiger partial charge in [0.25, 0.3) is 0 Å². The lowest BCUT2D eigenvalue weighted by molar-refractivity contribution is 1.19. The van der Waals surface area contributed by atoms with Crippen LogP contribution in [0.2, 0.25) is 0 Å². The molecule has 9 heavy (non-hydrogen) atoms. The molecule has 0 saturated heterocycles. The molecular weight excluding hydrogens is 132 g/mol. The summed E-state index contributed by atoms with van der Waals surface area (Å²) in [6.45, 7) is 0. The summed E-state index contributed by atoms with van der Waals surface area (Å²) in [5, 5.41) is 3.89. The van der Waals surface area contributed by atoms with E-state index in [1.807, 2.05) is 24.3 Å². The quantitative estimate of drug-likeness (QED) is 0.502. The summed E-state index contributed by atoms with van der Waals surface area (Å²) >= 11 is 1.43. The van der Waals surface area contributed by atoms with Crippen LogP contribution in [0.4, 0.5) is 5.69 Å². The van der Waals surface area contributed by atoms with Gasteiger partial charge in [0.1, 0.15) is 9.42 Å². The van der Waals surface area contributed by atoms with Crippen LogP contribution in [-0.4, -0.2) is 0 Å². The summed E-state index contributed by atoms with van der Waals surface area (Å²) < 4.78 is 3.79. The van der Waals surface area contributed by atoms with Crippen LogP contribution in [0.1, 0.15) is 0 Å². The van der Waals surface area contributed by atoms with Crippen LogP contribution in [0.25, 0.3) is 0 Å². The van der Waals surface area contributed by atoms with Crippen LogP contribution < -0.4 is 5.11 Å². The largest absolute Gasteiger partial charge is 0.329 e. The number of fused-ring (bicyclic) bond motifs is 1. The van der Waals surface area contributed by atoms with Crippen LogP contribution in [-0.2, 0) is 0 Å². The molecule has 0 amide bonds. The van der Waals surface area contributed by atoms with Gasteiger partial charge in [-0.15, -0.1) is 0 Å². The first kappa shape index (κ1) is 4.99. The van der Waals surface area contributed by atoms with Gasteiger partial charge in [0.15, 0.2) is 0 Å². The minimum atomic E-state index is 0.988. The van der Waals surface area contributed by atoms with E-state index in [9.17, 15) is 0 Å². The zero-order valence-corrected chi connectivity index (χ0v) is 5.43. The highest BCUT2D eigenvalue weighted by Gasteiger charge is 2.19. The Kier molecular flexibility index (Phi) is 1.02. The summed E-state index contributed by atoms with van der Waals surface area (Å²) in [6, 6.07) is 7.92. The van der Waals surface area contributed by atoms with Gasteiger partial charge in [-0.1, -0.05) is 12.1 Å². The third-order valence-electron chi connectivity index (χ3n) is 1.15. The van der Waals surface area contributed by atoms with Crippen molar-refractivity contribution in [2.45, 2.75) is 4.90 Å². The van der Waals surface area contributed by atoms with Crippen LogP contribution in [0, 0.1) is 0 Å². The molecule has 1 heterocycles. The predicted molar refractivity (Wildman–Crippen MR) is 36.5 cm³/mol. The fourth-order valence-electron chi connectivity index (χ4n) is 0.725. The van der Waals surface area contributed by atoms with Crippen molar-refractivity contribution in [3.63, 3.8) is 0 Å². The highest BCUT2D eigenvalue weighted by Crippen LogP contribution is 2.31. The van der Waals surface area contributed by atoms with Crippen molar-refractivity contribution < 1.29 is 0 Å². The van der Waals surface area contributed by atoms with Crippen LogP contribution >= 0.6 is 11.9 Å². The van der Waals surface area contributed by atoms with Crippen molar-refractivity contribution >= 4 is 17.6 Å². The highest BCUT2D eigenvalue weighted by atomic mass is 32.2. The van der Waals surface area contributed by atoms with Gasteiger partial charge in [0.2, 0.25) is 5.11 Å². The first-order valence-electron chi connectivity index (χ1n) is 2.64. The Morgan fingerprint density at radius 3 is 3.11 bits per heavy atom. The van der Waals surface area contributed by atoms with Crippen molar-refractivity contribution in [1.29, 1.82) is 0 Å². The minimum Gasteiger partial charge on any atom is -0.0606 e. The second kappa shape index (κ2) is 1.84. The number of benzene rings is 1. The van der Waals surface area contributed by atoms with E-state index in [1.54, 1.807) is 0 Å². The summed E-state index contributed by atoms with van der Waals surface area (Å²) in [7, 11) is 0. The van der Waals surface area contributed by atoms with Crippen molar-refractivity contribution in [3.05, 3.63) is 24.3 Å². The third kappa shape index (κ3) is 0.733. The van der Waals surface area contributed by atoms with Gasteiger partial charge >= 0.3 is 5.69 Å². The average molecular weight is 136 g/mol. The maximum Gasteiger partial charge on any atom is 0.329 e. The molecule has 2 rings (SSSR count). The molecule has 0 unspecified atom stereocenters. The van der Waals surface area contributed by atoms with Crippen LogP contribution in [0.5, 0.6) is 0 Å². The molecule has 1 aliphatic rings. The molecule has 1 aromatic carbocycles. The van der Waals surface area contributed by atoms with E-state index in [-0.39, 0.29) is 0 Å². The molecule has 0 saturated carbocycles. The van der Waals surface area contributed by atoms with E-state index in [0.717, 1.165) is 10.6 Å². The number of nitrogens with zero attached hydrogens (tertiary/aromatic N) is 2. The van der Waals surface area contributed by atoms with Gasteiger partial charge in [0.05, 0.1) is 11.9 Å². The molecule has 0 aromatic heterocycles. The van der Waals surface area contributed by atoms with Gasteiger partial charge in [-0.2, -0.15) is 0 Å². The molecule has 1 radical (unpaired) electrons. The fraction of sp³-hybridized carbons (Fsp3) is 0. The second-order valence-corrected chi connectivity index (χ2v) is 2.53. The van der Waals surface area contributed by atoms with Gasteiger partial charge in [0, 0.05) is 6.07 Å². The summed E-state index contributed by atoms with van der Waals surface area (Å²) in [6.07, 6.45) is 0. The lowest BCUT2D eigenvalue weighted by Gasteiger charge is -1.79. The zero-order chi connectivity index (χ0) is 6.10. The maximum absolute atomic E-state index is 3.89. The molecule has 0 atom stereocenters. The van der Waals surface area contributed by atoms with E-state index in [4.69, 9.17) is 0 Å². The maximum atomic E-state index is 3.89. The predicted octanol–water partition coefficient (Wildman–Crippen LogP) is 2.13. The minimum absolute atomic E-state index is 0.988. The van der Waals surface area contributed by atoms with E-state index < -0.39 is 0 Å². The Balaban J connectivity index is 2.63. The lowest BCUT2D eigenvalue weighted by atomic mass is 10.3. The Hall–Kier alpha value is -0.830. The van der Waals surface area contributed by atoms with E-state index >= 15 is 0 Å². The highest BCUT2D eigenvalue weighted by molar-refractivity contribution is 7.98.